The lowest BCUT2D eigenvalue weighted by Crippen LogP contribution is -2.03. The minimum absolute atomic E-state index is 0.0448. The molecule has 0 unspecified atom stereocenters. The summed E-state index contributed by atoms with van der Waals surface area (Å²) in [5.41, 5.74) is 1.07. The monoisotopic (exact) mass is 263 g/mol. The van der Waals surface area contributed by atoms with Gasteiger partial charge < -0.3 is 14.6 Å². The third-order valence-electron chi connectivity index (χ3n) is 2.62. The van der Waals surface area contributed by atoms with E-state index in [1.165, 1.54) is 37.2 Å². The molecule has 1 N–H and O–H groups in total. The average molecular weight is 263 g/mol. The van der Waals surface area contributed by atoms with Gasteiger partial charge in [-0.2, -0.15) is 5.10 Å². The van der Waals surface area contributed by atoms with Crippen LogP contribution in [0.4, 0.5) is 0 Å². The molecule has 2 heterocycles. The van der Waals surface area contributed by atoms with Crippen LogP contribution in [0.15, 0.2) is 18.3 Å². The van der Waals surface area contributed by atoms with Crippen molar-refractivity contribution in [2.45, 2.75) is 0 Å². The number of carbonyl (C=O) groups is 1. The summed E-state index contributed by atoms with van der Waals surface area (Å²) in [7, 11) is 4.33. The van der Waals surface area contributed by atoms with Gasteiger partial charge in [-0.15, -0.1) is 0 Å². The van der Waals surface area contributed by atoms with Crippen molar-refractivity contribution in [3.05, 3.63) is 23.9 Å². The molecule has 7 nitrogen and oxygen atoms in total. The Morgan fingerprint density at radius 2 is 2.11 bits per heavy atom. The Morgan fingerprint density at radius 3 is 2.63 bits per heavy atom. The zero-order chi connectivity index (χ0) is 14.0. The van der Waals surface area contributed by atoms with Gasteiger partial charge in [0.05, 0.1) is 37.2 Å². The van der Waals surface area contributed by atoms with Crippen molar-refractivity contribution < 1.29 is 19.4 Å². The molecule has 100 valence electrons. The van der Waals surface area contributed by atoms with E-state index in [0.717, 1.165) is 0 Å². The van der Waals surface area contributed by atoms with E-state index in [1.54, 1.807) is 7.05 Å². The molecule has 0 radical (unpaired) electrons. The second-order valence-electron chi connectivity index (χ2n) is 3.78. The Morgan fingerprint density at radius 1 is 1.37 bits per heavy atom. The van der Waals surface area contributed by atoms with E-state index >= 15 is 0 Å². The Hall–Kier alpha value is -2.57. The lowest BCUT2D eigenvalue weighted by Gasteiger charge is -2.06. The van der Waals surface area contributed by atoms with E-state index in [2.05, 4.69) is 14.8 Å². The second-order valence-corrected chi connectivity index (χ2v) is 3.78. The molecule has 2 aromatic heterocycles. The Kier molecular flexibility index (Phi) is 3.37. The van der Waals surface area contributed by atoms with Crippen LogP contribution < -0.4 is 4.74 Å². The minimum atomic E-state index is -0.509. The van der Waals surface area contributed by atoms with Crippen molar-refractivity contribution in [1.82, 2.24) is 14.8 Å². The van der Waals surface area contributed by atoms with Crippen molar-refractivity contribution >= 4 is 5.97 Å². The summed E-state index contributed by atoms with van der Waals surface area (Å²) in [5.74, 6) is -0.303. The Labute approximate surface area is 109 Å². The van der Waals surface area contributed by atoms with Gasteiger partial charge in [-0.25, -0.2) is 14.5 Å². The SMILES string of the molecule is COC(=O)c1cc(OC)nc(-c2cnn(C)c2O)c1. The maximum absolute atomic E-state index is 11.6. The smallest absolute Gasteiger partial charge is 0.338 e. The van der Waals surface area contributed by atoms with Crippen LogP contribution in [0.25, 0.3) is 11.3 Å². The first-order valence-electron chi connectivity index (χ1n) is 5.42. The number of aryl methyl sites for hydroxylation is 1. The maximum Gasteiger partial charge on any atom is 0.338 e. The molecule has 0 aliphatic heterocycles. The first kappa shape index (κ1) is 12.9. The van der Waals surface area contributed by atoms with Gasteiger partial charge in [0, 0.05) is 13.1 Å². The average Bonchev–Trinajstić information content (AvgIpc) is 2.77. The molecule has 0 atom stereocenters. The van der Waals surface area contributed by atoms with Crippen LogP contribution >= 0.6 is 0 Å². The molecular weight excluding hydrogens is 250 g/mol. The molecule has 19 heavy (non-hydrogen) atoms. The molecule has 0 fully saturated rings. The van der Waals surface area contributed by atoms with Crippen LogP contribution in [0.1, 0.15) is 10.4 Å². The first-order chi connectivity index (χ1) is 9.06. The van der Waals surface area contributed by atoms with Crippen LogP contribution in [0.5, 0.6) is 11.8 Å². The highest BCUT2D eigenvalue weighted by Crippen LogP contribution is 2.29. The molecule has 2 rings (SSSR count). The fourth-order valence-corrected chi connectivity index (χ4v) is 1.60. The quantitative estimate of drug-likeness (QED) is 0.831. The molecule has 0 saturated heterocycles. The van der Waals surface area contributed by atoms with Gasteiger partial charge in [0.1, 0.15) is 0 Å². The fraction of sp³-hybridized carbons (Fsp3) is 0.250. The molecular formula is C12H13N3O4. The van der Waals surface area contributed by atoms with E-state index in [9.17, 15) is 9.90 Å². The zero-order valence-corrected chi connectivity index (χ0v) is 10.7. The number of pyridine rings is 1. The van der Waals surface area contributed by atoms with Crippen LogP contribution in [0.3, 0.4) is 0 Å². The highest BCUT2D eigenvalue weighted by Gasteiger charge is 2.16. The molecule has 0 aromatic carbocycles. The lowest BCUT2D eigenvalue weighted by molar-refractivity contribution is 0.0600. The standard InChI is InChI=1S/C12H13N3O4/c1-15-11(16)8(6-13-15)9-4-7(12(17)19-3)5-10(14-9)18-2/h4-6,16H,1-3H3. The molecule has 0 amide bonds. The van der Waals surface area contributed by atoms with Crippen molar-refractivity contribution in [3.63, 3.8) is 0 Å². The van der Waals surface area contributed by atoms with Gasteiger partial charge in [-0.3, -0.25) is 0 Å². The number of hydrogen-bond donors (Lipinski definition) is 1. The maximum atomic E-state index is 11.6. The number of rotatable bonds is 3. The summed E-state index contributed by atoms with van der Waals surface area (Å²) in [5, 5.41) is 13.8. The van der Waals surface area contributed by atoms with Crippen LogP contribution in [0, 0.1) is 0 Å². The largest absolute Gasteiger partial charge is 0.493 e. The van der Waals surface area contributed by atoms with Gasteiger partial charge >= 0.3 is 5.97 Å². The predicted octanol–water partition coefficient (Wildman–Crippen LogP) is 0.983. The van der Waals surface area contributed by atoms with Crippen LogP contribution in [-0.4, -0.2) is 40.1 Å². The highest BCUT2D eigenvalue weighted by molar-refractivity contribution is 5.91. The minimum Gasteiger partial charge on any atom is -0.493 e. The number of carbonyl (C=O) groups excluding carboxylic acids is 1. The van der Waals surface area contributed by atoms with Gasteiger partial charge in [-0.1, -0.05) is 0 Å². The van der Waals surface area contributed by atoms with Crippen molar-refractivity contribution in [3.8, 4) is 23.0 Å². The van der Waals surface area contributed by atoms with Crippen molar-refractivity contribution in [2.75, 3.05) is 14.2 Å². The van der Waals surface area contributed by atoms with Gasteiger partial charge in [0.15, 0.2) is 0 Å². The van der Waals surface area contributed by atoms with E-state index in [1.807, 2.05) is 0 Å². The predicted molar refractivity (Wildman–Crippen MR) is 66.0 cm³/mol. The number of nitrogens with zero attached hydrogens (tertiary/aromatic N) is 3. The number of hydrogen-bond acceptors (Lipinski definition) is 6. The summed E-state index contributed by atoms with van der Waals surface area (Å²) < 4.78 is 11.0. The normalized spacial score (nSPS) is 10.3. The van der Waals surface area contributed by atoms with Gasteiger partial charge in [-0.05, 0) is 6.07 Å². The van der Waals surface area contributed by atoms with Gasteiger partial charge in [0.2, 0.25) is 11.8 Å². The summed E-state index contributed by atoms with van der Waals surface area (Å²) in [6.07, 6.45) is 1.46. The summed E-state index contributed by atoms with van der Waals surface area (Å²) in [4.78, 5) is 15.7. The molecule has 7 heteroatoms. The lowest BCUT2D eigenvalue weighted by atomic mass is 10.1. The van der Waals surface area contributed by atoms with Crippen LogP contribution in [0.2, 0.25) is 0 Å². The number of aromatic nitrogens is 3. The summed E-state index contributed by atoms with van der Waals surface area (Å²) in [6.45, 7) is 0. The molecule has 2 aromatic rings. The topological polar surface area (TPSA) is 86.5 Å². The molecule has 0 spiro atoms. The number of methoxy groups -OCH3 is 2. The second kappa shape index (κ2) is 4.97. The van der Waals surface area contributed by atoms with Crippen molar-refractivity contribution in [2.24, 2.45) is 7.05 Å². The van der Waals surface area contributed by atoms with E-state index in [4.69, 9.17) is 4.74 Å². The summed E-state index contributed by atoms with van der Waals surface area (Å²) >= 11 is 0. The Balaban J connectivity index is 2.57. The molecule has 0 saturated carbocycles. The summed E-state index contributed by atoms with van der Waals surface area (Å²) in [6, 6.07) is 2.97. The zero-order valence-electron chi connectivity index (χ0n) is 10.7. The third kappa shape index (κ3) is 2.35. The first-order valence-corrected chi connectivity index (χ1v) is 5.42. The molecule has 0 aliphatic carbocycles. The fourth-order valence-electron chi connectivity index (χ4n) is 1.60. The number of esters is 1. The van der Waals surface area contributed by atoms with E-state index < -0.39 is 5.97 Å². The van der Waals surface area contributed by atoms with Gasteiger partial charge in [0.25, 0.3) is 0 Å². The van der Waals surface area contributed by atoms with E-state index in [0.29, 0.717) is 11.3 Å². The van der Waals surface area contributed by atoms with Crippen molar-refractivity contribution in [1.29, 1.82) is 0 Å². The number of ether oxygens (including phenoxy) is 2. The molecule has 0 aliphatic rings. The van der Waals surface area contributed by atoms with Crippen LogP contribution in [-0.2, 0) is 11.8 Å². The third-order valence-corrected chi connectivity index (χ3v) is 2.62. The van der Waals surface area contributed by atoms with E-state index in [-0.39, 0.29) is 17.3 Å². The number of aromatic hydroxyl groups is 1. The Bertz CT molecular complexity index is 621. The highest BCUT2D eigenvalue weighted by atomic mass is 16.5. The molecule has 0 bridgehead atoms.